The van der Waals surface area contributed by atoms with E-state index >= 15 is 0 Å². The maximum atomic E-state index is 9.60. The van der Waals surface area contributed by atoms with Gasteiger partial charge in [-0.05, 0) is 6.42 Å². The van der Waals surface area contributed by atoms with Crippen LogP contribution in [0.15, 0.2) is 0 Å². The molecule has 114 valence electrons. The molecular weight excluding hydrogens is 298 g/mol. The number of aliphatic carboxylic acids is 1. The summed E-state index contributed by atoms with van der Waals surface area (Å²) in [5.74, 6) is -0.711. The van der Waals surface area contributed by atoms with E-state index in [9.17, 15) is 4.79 Å². The van der Waals surface area contributed by atoms with Crippen molar-refractivity contribution in [2.24, 2.45) is 0 Å². The highest BCUT2D eigenvalue weighted by atomic mass is 35.6. The Balaban J connectivity index is -0.0000000777. The van der Waals surface area contributed by atoms with Crippen LogP contribution in [0, 0.1) is 0 Å². The van der Waals surface area contributed by atoms with E-state index < -0.39 is 10.3 Å². The average molecular weight is 326 g/mol. The van der Waals surface area contributed by atoms with Crippen molar-refractivity contribution >= 4 is 40.8 Å². The van der Waals surface area contributed by atoms with Crippen LogP contribution in [-0.4, -0.2) is 27.6 Å². The van der Waals surface area contributed by atoms with Crippen molar-refractivity contribution in [1.29, 1.82) is 0 Å². The summed E-state index contributed by atoms with van der Waals surface area (Å²) in [5, 5.41) is 14.9. The number of halogens is 3. The van der Waals surface area contributed by atoms with E-state index in [1.54, 1.807) is 0 Å². The Hall–Kier alpha value is 0.300. The number of unbranched alkanes of at least 4 members (excludes halogenated alkanes) is 3. The van der Waals surface area contributed by atoms with Crippen LogP contribution >= 0.6 is 34.8 Å². The summed E-state index contributed by atoms with van der Waals surface area (Å²) in [7, 11) is 1.00. The van der Waals surface area contributed by atoms with Crippen molar-refractivity contribution in [2.45, 2.75) is 63.6 Å². The lowest BCUT2D eigenvalue weighted by molar-refractivity contribution is -0.137. The number of carboxylic acids is 1. The molecule has 18 heavy (non-hydrogen) atoms. The summed E-state index contributed by atoms with van der Waals surface area (Å²) < 4.78 is -0.750. The molecular formula is C12H27Cl3O3. The predicted molar refractivity (Wildman–Crippen MR) is 81.8 cm³/mol. The number of rotatable bonds is 5. The minimum atomic E-state index is -0.750. The molecule has 0 amide bonds. The lowest BCUT2D eigenvalue weighted by atomic mass is 10.2. The Morgan fingerprint density at radius 3 is 1.28 bits per heavy atom. The molecule has 0 atom stereocenters. The molecule has 0 fully saturated rings. The second kappa shape index (κ2) is 30.4. The number of alkyl halides is 3. The van der Waals surface area contributed by atoms with Crippen LogP contribution in [0.5, 0.6) is 0 Å². The molecule has 0 saturated carbocycles. The molecule has 0 aromatic rings. The molecule has 0 rings (SSSR count). The molecule has 3 nitrogen and oxygen atoms in total. The minimum Gasteiger partial charge on any atom is -0.481 e. The number of hydrogen-bond acceptors (Lipinski definition) is 2. The third kappa shape index (κ3) is 96.1. The van der Waals surface area contributed by atoms with E-state index in [-0.39, 0.29) is 0 Å². The van der Waals surface area contributed by atoms with E-state index in [4.69, 9.17) is 45.0 Å². The molecule has 0 unspecified atom stereocenters. The summed E-state index contributed by atoms with van der Waals surface area (Å²) in [5.41, 5.74) is 0. The van der Waals surface area contributed by atoms with Gasteiger partial charge in [0.25, 0.3) is 0 Å². The summed E-state index contributed by atoms with van der Waals surface area (Å²) in [6.07, 6.45) is 6.56. The molecule has 0 saturated heterocycles. The lowest BCUT2D eigenvalue weighted by Crippen LogP contribution is -1.90. The Morgan fingerprint density at radius 2 is 1.22 bits per heavy atom. The summed E-state index contributed by atoms with van der Waals surface area (Å²) in [6, 6.07) is 0. The van der Waals surface area contributed by atoms with Crippen LogP contribution in [0.2, 0.25) is 0 Å². The normalized spacial score (nSPS) is 8.06. The Kier molecular flexibility index (Phi) is 45.2. The zero-order chi connectivity index (χ0) is 15.4. The van der Waals surface area contributed by atoms with Gasteiger partial charge in [0.05, 0.1) is 0 Å². The van der Waals surface area contributed by atoms with E-state index in [2.05, 4.69) is 13.8 Å². The second-order valence-electron chi connectivity index (χ2n) is 3.10. The lowest BCUT2D eigenvalue weighted by Gasteiger charge is -1.86. The van der Waals surface area contributed by atoms with Crippen molar-refractivity contribution in [2.75, 3.05) is 7.11 Å². The Bertz CT molecular complexity index is 127. The zero-order valence-electron chi connectivity index (χ0n) is 11.8. The van der Waals surface area contributed by atoms with Gasteiger partial charge in [-0.1, -0.05) is 81.3 Å². The van der Waals surface area contributed by atoms with Gasteiger partial charge in [-0.2, -0.15) is 0 Å². The maximum Gasteiger partial charge on any atom is 0.303 e. The van der Waals surface area contributed by atoms with Gasteiger partial charge in [0.1, 0.15) is 0 Å². The fourth-order valence-electron chi connectivity index (χ4n) is 0.714. The van der Waals surface area contributed by atoms with E-state index in [0.717, 1.165) is 13.5 Å². The number of carbonyl (C=O) groups is 1. The monoisotopic (exact) mass is 324 g/mol. The fourth-order valence-corrected chi connectivity index (χ4v) is 0.714. The van der Waals surface area contributed by atoms with Crippen LogP contribution in [0.25, 0.3) is 0 Å². The molecule has 0 radical (unpaired) electrons. The molecule has 0 spiro atoms. The first-order valence-corrected chi connectivity index (χ1v) is 7.31. The summed E-state index contributed by atoms with van der Waals surface area (Å²) in [4.78, 5) is 9.60. The highest BCUT2D eigenvalue weighted by molar-refractivity contribution is 6.63. The molecule has 0 aromatic heterocycles. The first kappa shape index (κ1) is 26.8. The van der Waals surface area contributed by atoms with Gasteiger partial charge in [-0.15, -0.1) is 0 Å². The molecule has 0 aliphatic carbocycles. The first-order chi connectivity index (χ1) is 8.42. The zero-order valence-corrected chi connectivity index (χ0v) is 14.0. The van der Waals surface area contributed by atoms with Crippen LogP contribution in [0.1, 0.15) is 59.3 Å². The van der Waals surface area contributed by atoms with E-state index in [1.165, 1.54) is 25.7 Å². The highest BCUT2D eigenvalue weighted by Crippen LogP contribution is 2.03. The molecule has 0 aliphatic rings. The minimum absolute atomic E-state index is 0.292. The fraction of sp³-hybridized carbons (Fsp3) is 0.917. The number of carboxylic acid groups (broad SMARTS) is 1. The molecule has 0 aromatic carbocycles. The Labute approximate surface area is 126 Å². The van der Waals surface area contributed by atoms with Crippen LogP contribution in [0.3, 0.4) is 0 Å². The molecule has 6 heteroatoms. The topological polar surface area (TPSA) is 57.5 Å². The average Bonchev–Trinajstić information content (AvgIpc) is 2.29. The summed E-state index contributed by atoms with van der Waals surface area (Å²) in [6.45, 7) is 6.30. The summed E-state index contributed by atoms with van der Waals surface area (Å²) >= 11 is 14.4. The van der Waals surface area contributed by atoms with Crippen LogP contribution in [0.4, 0.5) is 0 Å². The first-order valence-electron chi connectivity index (χ1n) is 6.00. The Morgan fingerprint density at radius 1 is 0.944 bits per heavy atom. The maximum absolute atomic E-state index is 9.60. The van der Waals surface area contributed by atoms with Gasteiger partial charge in [-0.3, -0.25) is 4.79 Å². The largest absolute Gasteiger partial charge is 0.481 e. The molecule has 0 aliphatic heterocycles. The molecule has 0 bridgehead atoms. The van der Waals surface area contributed by atoms with Crippen molar-refractivity contribution in [3.05, 3.63) is 0 Å². The molecule has 0 heterocycles. The van der Waals surface area contributed by atoms with Crippen molar-refractivity contribution in [3.8, 4) is 0 Å². The van der Waals surface area contributed by atoms with Gasteiger partial charge in [-0.25, -0.2) is 0 Å². The van der Waals surface area contributed by atoms with Gasteiger partial charge in [0.15, 0.2) is 4.30 Å². The number of aliphatic hydroxyl groups excluding tert-OH is 1. The van der Waals surface area contributed by atoms with Crippen LogP contribution < -0.4 is 0 Å². The van der Waals surface area contributed by atoms with Crippen molar-refractivity contribution < 1.29 is 15.0 Å². The van der Waals surface area contributed by atoms with E-state index in [0.29, 0.717) is 6.42 Å². The van der Waals surface area contributed by atoms with Crippen molar-refractivity contribution in [1.82, 2.24) is 0 Å². The third-order valence-electron chi connectivity index (χ3n) is 1.42. The highest BCUT2D eigenvalue weighted by Gasteiger charge is 1.87. The van der Waals surface area contributed by atoms with Gasteiger partial charge in [0.2, 0.25) is 0 Å². The van der Waals surface area contributed by atoms with Gasteiger partial charge < -0.3 is 10.2 Å². The number of hydrogen-bond donors (Lipinski definition) is 2. The second-order valence-corrected chi connectivity index (χ2v) is 5.08. The smallest absolute Gasteiger partial charge is 0.303 e. The predicted octanol–water partition coefficient (Wildman–Crippen LogP) is 5.05. The SMILES string of the molecule is CCCC(=O)O.CCCCCC.CO.ClC(Cl)Cl. The number of aliphatic hydroxyl groups is 1. The van der Waals surface area contributed by atoms with E-state index in [1.807, 2.05) is 6.92 Å². The molecule has 2 N–H and O–H groups in total. The van der Waals surface area contributed by atoms with Crippen LogP contribution in [-0.2, 0) is 4.79 Å². The quantitative estimate of drug-likeness (QED) is 0.549. The van der Waals surface area contributed by atoms with Gasteiger partial charge >= 0.3 is 5.97 Å². The standard InChI is InChI=1S/C6H14.C4H8O2.CHCl3.CH4O/c1-3-5-6-4-2;1-2-3-4(5)6;2-1(3)4;1-2/h3-6H2,1-2H3;2-3H2,1H3,(H,5,6);1H;2H,1H3. The van der Waals surface area contributed by atoms with Crippen molar-refractivity contribution in [3.63, 3.8) is 0 Å². The third-order valence-corrected chi connectivity index (χ3v) is 1.42. The van der Waals surface area contributed by atoms with Gasteiger partial charge in [0, 0.05) is 13.5 Å².